The monoisotopic (exact) mass is 382 g/mol. The summed E-state index contributed by atoms with van der Waals surface area (Å²) >= 11 is 0. The summed E-state index contributed by atoms with van der Waals surface area (Å²) in [6.07, 6.45) is 0.437. The van der Waals surface area contributed by atoms with Crippen LogP contribution < -0.4 is 15.4 Å². The summed E-state index contributed by atoms with van der Waals surface area (Å²) in [7, 11) is 0. The van der Waals surface area contributed by atoms with Crippen LogP contribution in [-0.4, -0.2) is 30.7 Å². The largest absolute Gasteiger partial charge is 0.484 e. The van der Waals surface area contributed by atoms with Crippen LogP contribution in [0.1, 0.15) is 40.4 Å². The molecule has 0 aliphatic rings. The number of amides is 2. The van der Waals surface area contributed by atoms with Gasteiger partial charge in [-0.3, -0.25) is 14.4 Å². The van der Waals surface area contributed by atoms with Crippen LogP contribution in [0.4, 0.5) is 5.69 Å². The van der Waals surface area contributed by atoms with Gasteiger partial charge in [-0.2, -0.15) is 0 Å². The fourth-order valence-corrected chi connectivity index (χ4v) is 2.88. The van der Waals surface area contributed by atoms with Gasteiger partial charge in [0.1, 0.15) is 5.75 Å². The van der Waals surface area contributed by atoms with Gasteiger partial charge in [-0.1, -0.05) is 24.6 Å². The molecule has 2 amide bonds. The molecule has 0 saturated carbocycles. The zero-order chi connectivity index (χ0) is 20.7. The molecule has 0 saturated heterocycles. The first-order valence-electron chi connectivity index (χ1n) is 9.20. The number of hydrogen-bond donors (Lipinski definition) is 2. The second-order valence-corrected chi connectivity index (χ2v) is 6.69. The van der Waals surface area contributed by atoms with E-state index in [-0.39, 0.29) is 24.8 Å². The molecule has 6 heteroatoms. The van der Waals surface area contributed by atoms with Gasteiger partial charge in [-0.05, 0) is 56.2 Å². The molecule has 6 nitrogen and oxygen atoms in total. The number of rotatable bonds is 8. The van der Waals surface area contributed by atoms with Crippen LogP contribution in [0.25, 0.3) is 0 Å². The van der Waals surface area contributed by atoms with Crippen molar-refractivity contribution < 1.29 is 19.1 Å². The Morgan fingerprint density at radius 3 is 2.11 bits per heavy atom. The number of anilines is 1. The summed E-state index contributed by atoms with van der Waals surface area (Å²) < 4.78 is 5.38. The van der Waals surface area contributed by atoms with E-state index >= 15 is 0 Å². The van der Waals surface area contributed by atoms with Crippen molar-refractivity contribution in [1.29, 1.82) is 0 Å². The van der Waals surface area contributed by atoms with E-state index in [0.717, 1.165) is 22.4 Å². The second-order valence-electron chi connectivity index (χ2n) is 6.69. The predicted molar refractivity (Wildman–Crippen MR) is 109 cm³/mol. The number of Topliss-reactive ketones (excluding diaryl/α,β-unsaturated/α-hetero) is 1. The topological polar surface area (TPSA) is 84.5 Å². The Morgan fingerprint density at radius 2 is 1.54 bits per heavy atom. The van der Waals surface area contributed by atoms with E-state index in [9.17, 15) is 14.4 Å². The number of carbonyl (C=O) groups excluding carboxylic acids is 3. The van der Waals surface area contributed by atoms with E-state index in [4.69, 9.17) is 4.74 Å². The van der Waals surface area contributed by atoms with Crippen LogP contribution in [0.15, 0.2) is 36.4 Å². The first-order chi connectivity index (χ1) is 13.3. The molecule has 2 N–H and O–H groups in total. The van der Waals surface area contributed by atoms with Crippen LogP contribution in [0.2, 0.25) is 0 Å². The number of ketones is 1. The Labute approximate surface area is 165 Å². The van der Waals surface area contributed by atoms with Crippen molar-refractivity contribution in [2.45, 2.75) is 34.1 Å². The summed E-state index contributed by atoms with van der Waals surface area (Å²) in [5.74, 6) is -0.167. The zero-order valence-corrected chi connectivity index (χ0v) is 16.7. The molecule has 0 atom stereocenters. The maximum absolute atomic E-state index is 12.1. The molecule has 0 bridgehead atoms. The molecule has 0 unspecified atom stereocenters. The molecule has 0 aliphatic carbocycles. The predicted octanol–water partition coefficient (Wildman–Crippen LogP) is 3.34. The Bertz CT molecular complexity index is 850. The van der Waals surface area contributed by atoms with Gasteiger partial charge in [0.2, 0.25) is 5.91 Å². The minimum atomic E-state index is -0.402. The van der Waals surface area contributed by atoms with Crippen molar-refractivity contribution in [3.8, 4) is 5.75 Å². The van der Waals surface area contributed by atoms with Crippen molar-refractivity contribution in [3.05, 3.63) is 58.7 Å². The lowest BCUT2D eigenvalue weighted by Crippen LogP contribution is -2.36. The van der Waals surface area contributed by atoms with E-state index in [1.807, 2.05) is 32.9 Å². The lowest BCUT2D eigenvalue weighted by Gasteiger charge is -2.13. The number of ether oxygens (including phenoxy) is 1. The molecule has 2 aromatic carbocycles. The second kappa shape index (κ2) is 9.69. The lowest BCUT2D eigenvalue weighted by molar-refractivity contribution is -0.125. The highest BCUT2D eigenvalue weighted by Crippen LogP contribution is 2.21. The molecule has 0 aliphatic heterocycles. The standard InChI is InChI=1S/C22H26N2O4/c1-5-19(25)17-6-8-18(9-7-17)28-13-21(27)23-12-20(26)24-22-15(3)10-14(2)11-16(22)4/h6-11H,5,12-13H2,1-4H3,(H,23,27)(H,24,26). The van der Waals surface area contributed by atoms with E-state index in [1.54, 1.807) is 31.2 Å². The summed E-state index contributed by atoms with van der Waals surface area (Å²) in [4.78, 5) is 35.6. The Hall–Kier alpha value is -3.15. The molecular formula is C22H26N2O4. The summed E-state index contributed by atoms with van der Waals surface area (Å²) in [6.45, 7) is 7.31. The normalized spacial score (nSPS) is 10.3. The van der Waals surface area contributed by atoms with Gasteiger partial charge >= 0.3 is 0 Å². The van der Waals surface area contributed by atoms with Crippen LogP contribution in [-0.2, 0) is 9.59 Å². The zero-order valence-electron chi connectivity index (χ0n) is 16.7. The third kappa shape index (κ3) is 5.94. The van der Waals surface area contributed by atoms with Gasteiger partial charge in [-0.15, -0.1) is 0 Å². The van der Waals surface area contributed by atoms with Gasteiger partial charge in [-0.25, -0.2) is 0 Å². The fourth-order valence-electron chi connectivity index (χ4n) is 2.88. The smallest absolute Gasteiger partial charge is 0.258 e. The first kappa shape index (κ1) is 21.2. The third-order valence-corrected chi connectivity index (χ3v) is 4.25. The van der Waals surface area contributed by atoms with Gasteiger partial charge < -0.3 is 15.4 Å². The molecule has 0 fully saturated rings. The molecule has 0 spiro atoms. The van der Waals surface area contributed by atoms with E-state index in [1.165, 1.54) is 0 Å². The number of benzene rings is 2. The Kier molecular flexibility index (Phi) is 7.32. The van der Waals surface area contributed by atoms with E-state index in [0.29, 0.717) is 17.7 Å². The minimum absolute atomic E-state index is 0.0503. The number of hydrogen-bond acceptors (Lipinski definition) is 4. The average molecular weight is 382 g/mol. The van der Waals surface area contributed by atoms with Crippen molar-refractivity contribution in [2.24, 2.45) is 0 Å². The van der Waals surface area contributed by atoms with Crippen LogP contribution >= 0.6 is 0 Å². The van der Waals surface area contributed by atoms with E-state index in [2.05, 4.69) is 10.6 Å². The summed E-state index contributed by atoms with van der Waals surface area (Å²) in [5.41, 5.74) is 4.46. The number of nitrogens with one attached hydrogen (secondary N) is 2. The summed E-state index contributed by atoms with van der Waals surface area (Å²) in [5, 5.41) is 5.36. The molecule has 148 valence electrons. The SMILES string of the molecule is CCC(=O)c1ccc(OCC(=O)NCC(=O)Nc2c(C)cc(C)cc2C)cc1. The molecule has 28 heavy (non-hydrogen) atoms. The van der Waals surface area contributed by atoms with Crippen LogP contribution in [0.5, 0.6) is 5.75 Å². The Morgan fingerprint density at radius 1 is 0.929 bits per heavy atom. The highest BCUT2D eigenvalue weighted by Gasteiger charge is 2.10. The molecule has 2 aromatic rings. The first-order valence-corrected chi connectivity index (χ1v) is 9.20. The van der Waals surface area contributed by atoms with Gasteiger partial charge in [0.25, 0.3) is 5.91 Å². The molecule has 0 radical (unpaired) electrons. The van der Waals surface area contributed by atoms with Gasteiger partial charge in [0.05, 0.1) is 6.54 Å². The summed E-state index contributed by atoms with van der Waals surface area (Å²) in [6, 6.07) is 10.6. The quantitative estimate of drug-likeness (QED) is 0.686. The maximum atomic E-state index is 12.1. The molecular weight excluding hydrogens is 356 g/mol. The van der Waals surface area contributed by atoms with Crippen LogP contribution in [0.3, 0.4) is 0 Å². The third-order valence-electron chi connectivity index (χ3n) is 4.25. The van der Waals surface area contributed by atoms with Crippen molar-refractivity contribution in [2.75, 3.05) is 18.5 Å². The molecule has 0 aromatic heterocycles. The van der Waals surface area contributed by atoms with Gasteiger partial charge in [0.15, 0.2) is 12.4 Å². The fraction of sp³-hybridized carbons (Fsp3) is 0.318. The maximum Gasteiger partial charge on any atom is 0.258 e. The minimum Gasteiger partial charge on any atom is -0.484 e. The van der Waals surface area contributed by atoms with Crippen molar-refractivity contribution in [3.63, 3.8) is 0 Å². The number of carbonyl (C=O) groups is 3. The van der Waals surface area contributed by atoms with Crippen molar-refractivity contribution in [1.82, 2.24) is 5.32 Å². The average Bonchev–Trinajstić information content (AvgIpc) is 2.67. The van der Waals surface area contributed by atoms with E-state index < -0.39 is 5.91 Å². The molecule has 2 rings (SSSR count). The van der Waals surface area contributed by atoms with Crippen LogP contribution in [0, 0.1) is 20.8 Å². The van der Waals surface area contributed by atoms with Gasteiger partial charge in [0, 0.05) is 17.7 Å². The lowest BCUT2D eigenvalue weighted by atomic mass is 10.1. The highest BCUT2D eigenvalue weighted by atomic mass is 16.5. The highest BCUT2D eigenvalue weighted by molar-refractivity contribution is 5.96. The number of aryl methyl sites for hydroxylation is 3. The molecule has 0 heterocycles. The van der Waals surface area contributed by atoms with Crippen molar-refractivity contribution >= 4 is 23.3 Å². The Balaban J connectivity index is 1.79.